The Hall–Kier alpha value is -1.66. The average Bonchev–Trinajstić information content (AvgIpc) is 2.85. The minimum atomic E-state index is -0.288. The monoisotopic (exact) mass is 296 g/mol. The maximum absolute atomic E-state index is 11.9. The second-order valence-electron chi connectivity index (χ2n) is 3.80. The van der Waals surface area contributed by atoms with Crippen molar-refractivity contribution in [1.29, 1.82) is 0 Å². The molecule has 0 fully saturated rings. The van der Waals surface area contributed by atoms with Crippen molar-refractivity contribution >= 4 is 39.7 Å². The predicted molar refractivity (Wildman–Crippen MR) is 78.1 cm³/mol. The Kier molecular flexibility index (Phi) is 4.70. The van der Waals surface area contributed by atoms with Gasteiger partial charge in [-0.2, -0.15) is 0 Å². The lowest BCUT2D eigenvalue weighted by Gasteiger charge is -2.02. The maximum atomic E-state index is 11.9. The van der Waals surface area contributed by atoms with E-state index in [4.69, 9.17) is 11.6 Å². The van der Waals surface area contributed by atoms with E-state index in [0.717, 1.165) is 13.0 Å². The first-order valence-electron chi connectivity index (χ1n) is 5.83. The summed E-state index contributed by atoms with van der Waals surface area (Å²) in [5.74, 6) is -0.288. The van der Waals surface area contributed by atoms with Crippen molar-refractivity contribution < 1.29 is 4.79 Å². The highest BCUT2D eigenvalue weighted by atomic mass is 35.5. The van der Waals surface area contributed by atoms with Crippen molar-refractivity contribution in [2.24, 2.45) is 0 Å². The van der Waals surface area contributed by atoms with Crippen LogP contribution in [0.15, 0.2) is 24.3 Å². The fourth-order valence-electron chi connectivity index (χ4n) is 1.37. The molecule has 0 atom stereocenters. The van der Waals surface area contributed by atoms with E-state index in [1.165, 1.54) is 11.3 Å². The summed E-state index contributed by atoms with van der Waals surface area (Å²) in [4.78, 5) is 11.9. The number of amides is 1. The summed E-state index contributed by atoms with van der Waals surface area (Å²) < 4.78 is 0. The van der Waals surface area contributed by atoms with E-state index in [0.29, 0.717) is 20.8 Å². The summed E-state index contributed by atoms with van der Waals surface area (Å²) in [7, 11) is 0. The van der Waals surface area contributed by atoms with Gasteiger partial charge in [0.2, 0.25) is 10.1 Å². The molecule has 0 radical (unpaired) electrons. The van der Waals surface area contributed by atoms with Crippen LogP contribution in [0.1, 0.15) is 23.1 Å². The Morgan fingerprint density at radius 3 is 3.00 bits per heavy atom. The van der Waals surface area contributed by atoms with E-state index in [1.807, 2.05) is 0 Å². The summed E-state index contributed by atoms with van der Waals surface area (Å²) in [5.41, 5.74) is 0.635. The van der Waals surface area contributed by atoms with Crippen LogP contribution in [0.5, 0.6) is 0 Å². The van der Waals surface area contributed by atoms with E-state index >= 15 is 0 Å². The van der Waals surface area contributed by atoms with Crippen LogP contribution in [0.4, 0.5) is 10.8 Å². The van der Waals surface area contributed by atoms with Gasteiger partial charge in [-0.25, -0.2) is 0 Å². The van der Waals surface area contributed by atoms with Crippen molar-refractivity contribution in [3.05, 3.63) is 34.3 Å². The summed E-state index contributed by atoms with van der Waals surface area (Å²) in [6.07, 6.45) is 0.990. The van der Waals surface area contributed by atoms with Crippen LogP contribution in [0, 0.1) is 0 Å². The molecule has 2 rings (SSSR count). The zero-order valence-corrected chi connectivity index (χ0v) is 11.9. The SMILES string of the molecule is CCCNc1nnc(C(=O)Nc2cccc(Cl)c2)s1. The van der Waals surface area contributed by atoms with Crippen LogP contribution in [0.25, 0.3) is 0 Å². The van der Waals surface area contributed by atoms with Gasteiger partial charge in [-0.15, -0.1) is 10.2 Å². The van der Waals surface area contributed by atoms with E-state index < -0.39 is 0 Å². The zero-order chi connectivity index (χ0) is 13.7. The minimum absolute atomic E-state index is 0.288. The number of anilines is 2. The lowest BCUT2D eigenvalue weighted by atomic mass is 10.3. The van der Waals surface area contributed by atoms with Gasteiger partial charge in [-0.05, 0) is 24.6 Å². The van der Waals surface area contributed by atoms with Gasteiger partial charge in [-0.1, -0.05) is 35.9 Å². The molecule has 2 aromatic rings. The zero-order valence-electron chi connectivity index (χ0n) is 10.3. The third-order valence-corrected chi connectivity index (χ3v) is 3.34. The molecule has 0 bridgehead atoms. The highest BCUT2D eigenvalue weighted by Gasteiger charge is 2.12. The van der Waals surface area contributed by atoms with Crippen LogP contribution in [-0.4, -0.2) is 22.6 Å². The predicted octanol–water partition coefficient (Wildman–Crippen LogP) is 3.27. The normalized spacial score (nSPS) is 10.2. The van der Waals surface area contributed by atoms with Crippen LogP contribution < -0.4 is 10.6 Å². The van der Waals surface area contributed by atoms with E-state index in [9.17, 15) is 4.79 Å². The van der Waals surface area contributed by atoms with Gasteiger partial charge in [0.1, 0.15) is 0 Å². The molecule has 1 aromatic carbocycles. The molecule has 2 N–H and O–H groups in total. The molecule has 100 valence electrons. The van der Waals surface area contributed by atoms with Gasteiger partial charge in [0.05, 0.1) is 0 Å². The van der Waals surface area contributed by atoms with Crippen LogP contribution >= 0.6 is 22.9 Å². The van der Waals surface area contributed by atoms with Gasteiger partial charge < -0.3 is 10.6 Å². The molecule has 0 saturated heterocycles. The molecule has 1 amide bonds. The number of hydrogen-bond donors (Lipinski definition) is 2. The summed E-state index contributed by atoms with van der Waals surface area (Å²) >= 11 is 7.07. The second-order valence-corrected chi connectivity index (χ2v) is 5.22. The van der Waals surface area contributed by atoms with Crippen molar-refractivity contribution in [1.82, 2.24) is 10.2 Å². The third kappa shape index (κ3) is 3.90. The number of rotatable bonds is 5. The Labute approximate surface area is 120 Å². The molecule has 19 heavy (non-hydrogen) atoms. The first-order valence-corrected chi connectivity index (χ1v) is 7.03. The number of carbonyl (C=O) groups is 1. The highest BCUT2D eigenvalue weighted by molar-refractivity contribution is 7.17. The molecular formula is C12H13ClN4OS. The molecule has 0 aliphatic rings. The number of nitrogens with zero attached hydrogens (tertiary/aromatic N) is 2. The molecular weight excluding hydrogens is 284 g/mol. The Balaban J connectivity index is 2.01. The van der Waals surface area contributed by atoms with Crippen molar-refractivity contribution in [3.63, 3.8) is 0 Å². The van der Waals surface area contributed by atoms with E-state index in [2.05, 4.69) is 27.8 Å². The summed E-state index contributed by atoms with van der Waals surface area (Å²) in [5, 5.41) is 15.1. The van der Waals surface area contributed by atoms with Crippen LogP contribution in [0.2, 0.25) is 5.02 Å². The molecule has 5 nitrogen and oxygen atoms in total. The number of nitrogens with one attached hydrogen (secondary N) is 2. The summed E-state index contributed by atoms with van der Waals surface area (Å²) in [6.45, 7) is 2.87. The quantitative estimate of drug-likeness (QED) is 0.888. The fraction of sp³-hybridized carbons (Fsp3) is 0.250. The van der Waals surface area contributed by atoms with Crippen LogP contribution in [0.3, 0.4) is 0 Å². The Morgan fingerprint density at radius 2 is 2.26 bits per heavy atom. The smallest absolute Gasteiger partial charge is 0.286 e. The molecule has 1 aromatic heterocycles. The third-order valence-electron chi connectivity index (χ3n) is 2.23. The number of carbonyl (C=O) groups excluding carboxylic acids is 1. The van der Waals surface area contributed by atoms with Gasteiger partial charge in [-0.3, -0.25) is 4.79 Å². The van der Waals surface area contributed by atoms with Crippen molar-refractivity contribution in [3.8, 4) is 0 Å². The van der Waals surface area contributed by atoms with Crippen molar-refractivity contribution in [2.75, 3.05) is 17.2 Å². The molecule has 0 saturated carbocycles. The average molecular weight is 297 g/mol. The second kappa shape index (κ2) is 6.49. The van der Waals surface area contributed by atoms with Crippen molar-refractivity contribution in [2.45, 2.75) is 13.3 Å². The molecule has 0 spiro atoms. The molecule has 0 aliphatic heterocycles. The molecule has 7 heteroatoms. The number of aromatic nitrogens is 2. The first-order chi connectivity index (χ1) is 9.19. The van der Waals surface area contributed by atoms with E-state index in [1.54, 1.807) is 24.3 Å². The van der Waals surface area contributed by atoms with Crippen LogP contribution in [-0.2, 0) is 0 Å². The minimum Gasteiger partial charge on any atom is -0.360 e. The van der Waals surface area contributed by atoms with Gasteiger partial charge in [0.15, 0.2) is 0 Å². The van der Waals surface area contributed by atoms with Gasteiger partial charge in [0.25, 0.3) is 5.91 Å². The van der Waals surface area contributed by atoms with Gasteiger partial charge >= 0.3 is 0 Å². The molecule has 0 unspecified atom stereocenters. The Bertz CT molecular complexity index is 572. The lowest BCUT2D eigenvalue weighted by molar-refractivity contribution is 0.102. The number of hydrogen-bond acceptors (Lipinski definition) is 5. The summed E-state index contributed by atoms with van der Waals surface area (Å²) in [6, 6.07) is 6.96. The van der Waals surface area contributed by atoms with E-state index in [-0.39, 0.29) is 5.91 Å². The first kappa shape index (κ1) is 13.8. The number of halogens is 1. The number of benzene rings is 1. The van der Waals surface area contributed by atoms with Gasteiger partial charge in [0, 0.05) is 17.3 Å². The lowest BCUT2D eigenvalue weighted by Crippen LogP contribution is -2.11. The largest absolute Gasteiger partial charge is 0.360 e. The Morgan fingerprint density at radius 1 is 1.42 bits per heavy atom. The maximum Gasteiger partial charge on any atom is 0.286 e. The molecule has 0 aliphatic carbocycles. The molecule has 1 heterocycles. The topological polar surface area (TPSA) is 66.9 Å². The standard InChI is InChI=1S/C12H13ClN4OS/c1-2-6-14-12-17-16-11(19-12)10(18)15-9-5-3-4-8(13)7-9/h3-5,7H,2,6H2,1H3,(H,14,17)(H,15,18). The highest BCUT2D eigenvalue weighted by Crippen LogP contribution is 2.19. The fourth-order valence-corrected chi connectivity index (χ4v) is 2.22.